The first kappa shape index (κ1) is 20.1. The van der Waals surface area contributed by atoms with Gasteiger partial charge in [-0.25, -0.2) is 0 Å². The van der Waals surface area contributed by atoms with Crippen LogP contribution in [0.1, 0.15) is 82.0 Å². The molecule has 1 aliphatic rings. The molecule has 0 spiro atoms. The van der Waals surface area contributed by atoms with Crippen LogP contribution >= 0.6 is 0 Å². The number of hydrogen-bond acceptors (Lipinski definition) is 2. The van der Waals surface area contributed by atoms with E-state index < -0.39 is 5.60 Å². The fourth-order valence-corrected chi connectivity index (χ4v) is 4.86. The molecule has 0 radical (unpaired) electrons. The molecule has 146 valence electrons. The Morgan fingerprint density at radius 2 is 1.52 bits per heavy atom. The van der Waals surface area contributed by atoms with Crippen LogP contribution in [-0.4, -0.2) is 10.7 Å². The second-order valence-corrected chi connectivity index (χ2v) is 8.15. The number of rotatable bonds is 8. The molecule has 1 aliphatic heterocycles. The van der Waals surface area contributed by atoms with Crippen molar-refractivity contribution in [2.75, 3.05) is 0 Å². The molecule has 2 aromatic rings. The third-order valence-electron chi connectivity index (χ3n) is 6.29. The predicted molar refractivity (Wildman–Crippen MR) is 114 cm³/mol. The van der Waals surface area contributed by atoms with Crippen LogP contribution in [-0.2, 0) is 0 Å². The molecule has 0 aromatic heterocycles. The van der Waals surface area contributed by atoms with Gasteiger partial charge in [-0.3, -0.25) is 0 Å². The van der Waals surface area contributed by atoms with Gasteiger partial charge in [0.25, 0.3) is 0 Å². The number of piperidine rings is 1. The summed E-state index contributed by atoms with van der Waals surface area (Å²) in [7, 11) is 0. The van der Waals surface area contributed by atoms with Crippen molar-refractivity contribution >= 4 is 0 Å². The lowest BCUT2D eigenvalue weighted by Gasteiger charge is -2.49. The molecule has 27 heavy (non-hydrogen) atoms. The largest absolute Gasteiger partial charge is 0.389 e. The molecule has 0 unspecified atom stereocenters. The summed E-state index contributed by atoms with van der Waals surface area (Å²) in [5, 5.41) is 15.7. The van der Waals surface area contributed by atoms with Crippen molar-refractivity contribution < 1.29 is 5.11 Å². The van der Waals surface area contributed by atoms with E-state index >= 15 is 0 Å². The minimum atomic E-state index is -0.616. The number of aliphatic hydroxyl groups is 1. The lowest BCUT2D eigenvalue weighted by Crippen LogP contribution is -2.53. The van der Waals surface area contributed by atoms with Gasteiger partial charge in [-0.05, 0) is 30.4 Å². The highest BCUT2D eigenvalue weighted by molar-refractivity contribution is 5.26. The van der Waals surface area contributed by atoms with E-state index in [4.69, 9.17) is 0 Å². The maximum atomic E-state index is 11.9. The summed E-state index contributed by atoms with van der Waals surface area (Å²) < 4.78 is 0. The molecule has 2 nitrogen and oxygen atoms in total. The van der Waals surface area contributed by atoms with Gasteiger partial charge < -0.3 is 10.4 Å². The second kappa shape index (κ2) is 9.52. The standard InChI is InChI=1S/C25H35NO/c1-3-5-6-13-18-25(27)19-23(20-14-9-7-10-15-20)26-24(22(25)4-2)21-16-11-8-12-17-21/h7-12,14-17,22-24,26-27H,3-6,13,18-19H2,1-2H3/t22-,23+,24+,25+/m0/s1. The van der Waals surface area contributed by atoms with Crippen LogP contribution in [0.4, 0.5) is 0 Å². The lowest BCUT2D eigenvalue weighted by atomic mass is 9.68. The molecule has 0 bridgehead atoms. The summed E-state index contributed by atoms with van der Waals surface area (Å²) in [4.78, 5) is 0. The van der Waals surface area contributed by atoms with Gasteiger partial charge in [-0.15, -0.1) is 0 Å². The van der Waals surface area contributed by atoms with Crippen LogP contribution in [0.2, 0.25) is 0 Å². The van der Waals surface area contributed by atoms with E-state index in [-0.39, 0.29) is 18.0 Å². The van der Waals surface area contributed by atoms with Crippen LogP contribution in [0.15, 0.2) is 60.7 Å². The first-order valence-electron chi connectivity index (χ1n) is 10.8. The normalized spacial score (nSPS) is 28.2. The van der Waals surface area contributed by atoms with E-state index in [0.717, 1.165) is 25.7 Å². The number of unbranched alkanes of at least 4 members (excludes halogenated alkanes) is 3. The Balaban J connectivity index is 1.89. The molecular weight excluding hydrogens is 330 g/mol. The van der Waals surface area contributed by atoms with Crippen LogP contribution in [0.5, 0.6) is 0 Å². The summed E-state index contributed by atoms with van der Waals surface area (Å²) in [6, 6.07) is 21.7. The first-order valence-corrected chi connectivity index (χ1v) is 10.8. The van der Waals surface area contributed by atoms with Crippen molar-refractivity contribution in [3.63, 3.8) is 0 Å². The summed E-state index contributed by atoms with van der Waals surface area (Å²) >= 11 is 0. The van der Waals surface area contributed by atoms with Crippen molar-refractivity contribution in [3.05, 3.63) is 71.8 Å². The zero-order valence-electron chi connectivity index (χ0n) is 16.9. The van der Waals surface area contributed by atoms with Crippen molar-refractivity contribution in [2.24, 2.45) is 5.92 Å². The van der Waals surface area contributed by atoms with Crippen molar-refractivity contribution in [1.82, 2.24) is 5.32 Å². The maximum Gasteiger partial charge on any atom is 0.0712 e. The highest BCUT2D eigenvalue weighted by Crippen LogP contribution is 2.47. The Bertz CT molecular complexity index is 671. The van der Waals surface area contributed by atoms with E-state index in [9.17, 15) is 5.11 Å². The van der Waals surface area contributed by atoms with Crippen molar-refractivity contribution in [2.45, 2.75) is 76.5 Å². The molecule has 2 N–H and O–H groups in total. The van der Waals surface area contributed by atoms with Crippen LogP contribution in [0, 0.1) is 5.92 Å². The van der Waals surface area contributed by atoms with Gasteiger partial charge in [-0.1, -0.05) is 100 Å². The van der Waals surface area contributed by atoms with Gasteiger partial charge >= 0.3 is 0 Å². The Morgan fingerprint density at radius 3 is 2.11 bits per heavy atom. The number of nitrogens with one attached hydrogen (secondary N) is 1. The van der Waals surface area contributed by atoms with E-state index in [0.29, 0.717) is 0 Å². The van der Waals surface area contributed by atoms with Crippen molar-refractivity contribution in [1.29, 1.82) is 0 Å². The zero-order valence-corrected chi connectivity index (χ0v) is 16.9. The van der Waals surface area contributed by atoms with E-state index in [2.05, 4.69) is 79.8 Å². The van der Waals surface area contributed by atoms with E-state index in [1.54, 1.807) is 0 Å². The average Bonchev–Trinajstić information content (AvgIpc) is 2.72. The van der Waals surface area contributed by atoms with Gasteiger partial charge in [0.2, 0.25) is 0 Å². The van der Waals surface area contributed by atoms with Gasteiger partial charge in [0, 0.05) is 18.0 Å². The lowest BCUT2D eigenvalue weighted by molar-refractivity contribution is -0.0838. The van der Waals surface area contributed by atoms with Crippen LogP contribution in [0.3, 0.4) is 0 Å². The molecule has 1 saturated heterocycles. The molecule has 2 heteroatoms. The minimum absolute atomic E-state index is 0.186. The molecule has 0 saturated carbocycles. The number of benzene rings is 2. The summed E-state index contributed by atoms with van der Waals surface area (Å²) in [5.74, 6) is 0.237. The Hall–Kier alpha value is -1.64. The molecule has 1 fully saturated rings. The molecule has 2 aromatic carbocycles. The van der Waals surface area contributed by atoms with Crippen LogP contribution < -0.4 is 5.32 Å². The predicted octanol–water partition coefficient (Wildman–Crippen LogP) is 6.19. The van der Waals surface area contributed by atoms with E-state index in [1.807, 2.05) is 0 Å². The summed E-state index contributed by atoms with van der Waals surface area (Å²) in [5.41, 5.74) is 1.95. The minimum Gasteiger partial charge on any atom is -0.389 e. The SMILES string of the molecule is CCCCCC[C@@]1(O)C[C@H](c2ccccc2)N[C@H](c2ccccc2)[C@@H]1CC. The summed E-state index contributed by atoms with van der Waals surface area (Å²) in [6.07, 6.45) is 7.51. The molecule has 0 amide bonds. The molecule has 1 heterocycles. The monoisotopic (exact) mass is 365 g/mol. The van der Waals surface area contributed by atoms with Crippen molar-refractivity contribution in [3.8, 4) is 0 Å². The van der Waals surface area contributed by atoms with E-state index in [1.165, 1.54) is 30.4 Å². The van der Waals surface area contributed by atoms with Crippen LogP contribution in [0.25, 0.3) is 0 Å². The third-order valence-corrected chi connectivity index (χ3v) is 6.29. The third kappa shape index (κ3) is 4.80. The zero-order chi connectivity index (χ0) is 19.1. The topological polar surface area (TPSA) is 32.3 Å². The highest BCUT2D eigenvalue weighted by Gasteiger charge is 2.46. The first-order chi connectivity index (χ1) is 13.2. The Kier molecular flexibility index (Phi) is 7.09. The molecule has 0 aliphatic carbocycles. The summed E-state index contributed by atoms with van der Waals surface area (Å²) in [6.45, 7) is 4.47. The second-order valence-electron chi connectivity index (χ2n) is 8.15. The van der Waals surface area contributed by atoms with Gasteiger partial charge in [0.05, 0.1) is 5.60 Å². The molecular formula is C25H35NO. The van der Waals surface area contributed by atoms with Gasteiger partial charge in [-0.2, -0.15) is 0 Å². The Morgan fingerprint density at radius 1 is 0.889 bits per heavy atom. The maximum absolute atomic E-state index is 11.9. The Labute approximate surface area is 165 Å². The number of hydrogen-bond donors (Lipinski definition) is 2. The molecule has 4 atom stereocenters. The smallest absolute Gasteiger partial charge is 0.0712 e. The molecule has 3 rings (SSSR count). The van der Waals surface area contributed by atoms with Gasteiger partial charge in [0.15, 0.2) is 0 Å². The fraction of sp³-hybridized carbons (Fsp3) is 0.520. The average molecular weight is 366 g/mol. The van der Waals surface area contributed by atoms with Gasteiger partial charge in [0.1, 0.15) is 0 Å². The fourth-order valence-electron chi connectivity index (χ4n) is 4.86. The quantitative estimate of drug-likeness (QED) is 0.547. The highest BCUT2D eigenvalue weighted by atomic mass is 16.3.